The van der Waals surface area contributed by atoms with Crippen molar-refractivity contribution in [2.75, 3.05) is 13.2 Å². The zero-order chi connectivity index (χ0) is 15.6. The van der Waals surface area contributed by atoms with Crippen molar-refractivity contribution in [2.24, 2.45) is 5.92 Å². The molecule has 2 heterocycles. The second-order valence-corrected chi connectivity index (χ2v) is 6.50. The summed E-state index contributed by atoms with van der Waals surface area (Å²) in [5.41, 5.74) is 1.16. The first-order chi connectivity index (χ1) is 11.3. The summed E-state index contributed by atoms with van der Waals surface area (Å²) in [6, 6.07) is 7.29. The third-order valence-electron chi connectivity index (χ3n) is 5.05. The van der Waals surface area contributed by atoms with Crippen LogP contribution in [0, 0.1) is 11.7 Å². The van der Waals surface area contributed by atoms with Gasteiger partial charge in [-0.2, -0.15) is 0 Å². The lowest BCUT2D eigenvalue weighted by atomic mass is 10.0. The molecule has 0 N–H and O–H groups in total. The third kappa shape index (κ3) is 3.14. The maximum absolute atomic E-state index is 13.1. The Kier molecular flexibility index (Phi) is 4.10. The largest absolute Gasteiger partial charge is 0.375 e. The molecule has 122 valence electrons. The van der Waals surface area contributed by atoms with Crippen LogP contribution >= 0.6 is 0 Å². The quantitative estimate of drug-likeness (QED) is 0.866. The van der Waals surface area contributed by atoms with E-state index in [1.54, 1.807) is 12.7 Å². The van der Waals surface area contributed by atoms with Crippen LogP contribution in [0.4, 0.5) is 4.39 Å². The van der Waals surface area contributed by atoms with Crippen molar-refractivity contribution in [3.05, 3.63) is 48.3 Å². The second kappa shape index (κ2) is 6.37. The predicted octanol–water partition coefficient (Wildman–Crippen LogP) is 2.10. The van der Waals surface area contributed by atoms with Crippen molar-refractivity contribution >= 4 is 0 Å². The third-order valence-corrected chi connectivity index (χ3v) is 5.05. The summed E-state index contributed by atoms with van der Waals surface area (Å²) in [6.07, 6.45) is 6.12. The fourth-order valence-corrected chi connectivity index (χ4v) is 3.94. The average molecular weight is 316 g/mol. The van der Waals surface area contributed by atoms with E-state index in [1.807, 2.05) is 16.7 Å². The Balaban J connectivity index is 1.43. The number of rotatable bonds is 4. The first-order valence-electron chi connectivity index (χ1n) is 8.22. The number of ether oxygens (including phenoxy) is 1. The predicted molar refractivity (Wildman–Crippen MR) is 83.1 cm³/mol. The van der Waals surface area contributed by atoms with E-state index in [0.717, 1.165) is 44.6 Å². The molecule has 1 saturated heterocycles. The van der Waals surface area contributed by atoms with Gasteiger partial charge in [-0.25, -0.2) is 4.39 Å². The summed E-state index contributed by atoms with van der Waals surface area (Å²) in [5.74, 6) is 0.329. The van der Waals surface area contributed by atoms with Gasteiger partial charge in [0.25, 0.3) is 0 Å². The van der Waals surface area contributed by atoms with Crippen LogP contribution in [0.2, 0.25) is 0 Å². The molecule has 2 aromatic rings. The number of hydrogen-bond acceptors (Lipinski definition) is 4. The zero-order valence-corrected chi connectivity index (χ0v) is 13.0. The molecule has 1 aromatic heterocycles. The van der Waals surface area contributed by atoms with Crippen LogP contribution in [0.25, 0.3) is 0 Å². The molecule has 1 aliphatic heterocycles. The van der Waals surface area contributed by atoms with Crippen LogP contribution < -0.4 is 0 Å². The molecular formula is C17H21FN4O. The van der Waals surface area contributed by atoms with Crippen LogP contribution in [-0.2, 0) is 17.8 Å². The molecule has 0 amide bonds. The molecule has 0 spiro atoms. The lowest BCUT2D eigenvalue weighted by Crippen LogP contribution is -2.50. The van der Waals surface area contributed by atoms with Crippen molar-refractivity contribution in [1.82, 2.24) is 19.7 Å². The molecule has 2 aliphatic rings. The Hall–Kier alpha value is -1.79. The van der Waals surface area contributed by atoms with E-state index in [1.165, 1.54) is 12.1 Å². The van der Waals surface area contributed by atoms with Gasteiger partial charge in [-0.15, -0.1) is 10.2 Å². The summed E-state index contributed by atoms with van der Waals surface area (Å²) in [5, 5.41) is 7.75. The van der Waals surface area contributed by atoms with Crippen LogP contribution in [0.15, 0.2) is 36.9 Å². The normalized spacial score (nSPS) is 28.0. The molecule has 0 bridgehead atoms. The van der Waals surface area contributed by atoms with E-state index >= 15 is 0 Å². The zero-order valence-electron chi connectivity index (χ0n) is 13.0. The Labute approximate surface area is 135 Å². The van der Waals surface area contributed by atoms with Crippen LogP contribution in [0.3, 0.4) is 0 Å². The standard InChI is InChI=1S/C17H21FN4O/c18-15-4-1-13(2-5-15)9-22-7-8-23-17-14(3-6-16(17)22)10-21-11-19-20-12-21/h1-2,4-5,11-12,14,16-17H,3,6-10H2. The molecule has 4 rings (SSSR count). The monoisotopic (exact) mass is 316 g/mol. The fourth-order valence-electron chi connectivity index (χ4n) is 3.94. The van der Waals surface area contributed by atoms with Crippen molar-refractivity contribution in [3.8, 4) is 0 Å². The Bertz CT molecular complexity index is 631. The molecule has 5 nitrogen and oxygen atoms in total. The molecule has 3 unspecified atom stereocenters. The smallest absolute Gasteiger partial charge is 0.123 e. The molecule has 1 aliphatic carbocycles. The van der Waals surface area contributed by atoms with Crippen LogP contribution in [-0.4, -0.2) is 45.0 Å². The lowest BCUT2D eigenvalue weighted by Gasteiger charge is -2.39. The minimum atomic E-state index is -0.177. The molecule has 0 radical (unpaired) electrons. The number of benzene rings is 1. The van der Waals surface area contributed by atoms with Crippen molar-refractivity contribution in [3.63, 3.8) is 0 Å². The van der Waals surface area contributed by atoms with Crippen molar-refractivity contribution in [2.45, 2.75) is 38.1 Å². The second-order valence-electron chi connectivity index (χ2n) is 6.50. The van der Waals surface area contributed by atoms with Crippen molar-refractivity contribution < 1.29 is 9.13 Å². The minimum absolute atomic E-state index is 0.177. The van der Waals surface area contributed by atoms with Gasteiger partial charge in [0, 0.05) is 31.6 Å². The molecule has 2 fully saturated rings. The highest BCUT2D eigenvalue weighted by Crippen LogP contribution is 2.36. The highest BCUT2D eigenvalue weighted by molar-refractivity contribution is 5.16. The Morgan fingerprint density at radius 1 is 1.13 bits per heavy atom. The van der Waals surface area contributed by atoms with Gasteiger partial charge in [-0.05, 0) is 30.5 Å². The molecule has 3 atom stereocenters. The number of morpholine rings is 1. The summed E-state index contributed by atoms with van der Waals surface area (Å²) >= 11 is 0. The number of hydrogen-bond donors (Lipinski definition) is 0. The maximum Gasteiger partial charge on any atom is 0.123 e. The number of halogens is 1. The minimum Gasteiger partial charge on any atom is -0.375 e. The van der Waals surface area contributed by atoms with Gasteiger partial charge in [0.05, 0.1) is 12.7 Å². The van der Waals surface area contributed by atoms with Crippen molar-refractivity contribution in [1.29, 1.82) is 0 Å². The molecule has 6 heteroatoms. The van der Waals surface area contributed by atoms with E-state index in [0.29, 0.717) is 12.0 Å². The van der Waals surface area contributed by atoms with Gasteiger partial charge in [-0.1, -0.05) is 12.1 Å². The number of nitrogens with zero attached hydrogens (tertiary/aromatic N) is 4. The summed E-state index contributed by atoms with van der Waals surface area (Å²) < 4.78 is 21.2. The first-order valence-corrected chi connectivity index (χ1v) is 8.22. The SMILES string of the molecule is Fc1ccc(CN2CCOC3C(Cn4cnnc4)CCC32)cc1. The molecule has 23 heavy (non-hydrogen) atoms. The maximum atomic E-state index is 13.1. The summed E-state index contributed by atoms with van der Waals surface area (Å²) in [4.78, 5) is 2.49. The summed E-state index contributed by atoms with van der Waals surface area (Å²) in [7, 11) is 0. The van der Waals surface area contributed by atoms with E-state index in [9.17, 15) is 4.39 Å². The van der Waals surface area contributed by atoms with E-state index in [-0.39, 0.29) is 11.9 Å². The summed E-state index contributed by atoms with van der Waals surface area (Å²) in [6.45, 7) is 3.49. The van der Waals surface area contributed by atoms with E-state index in [4.69, 9.17) is 4.74 Å². The highest BCUT2D eigenvalue weighted by Gasteiger charge is 2.42. The van der Waals surface area contributed by atoms with Gasteiger partial charge in [-0.3, -0.25) is 4.90 Å². The van der Waals surface area contributed by atoms with Gasteiger partial charge < -0.3 is 9.30 Å². The fraction of sp³-hybridized carbons (Fsp3) is 0.529. The van der Waals surface area contributed by atoms with Gasteiger partial charge in [0.15, 0.2) is 0 Å². The lowest BCUT2D eigenvalue weighted by molar-refractivity contribution is -0.0786. The Morgan fingerprint density at radius 2 is 1.91 bits per heavy atom. The number of fused-ring (bicyclic) bond motifs is 1. The van der Waals surface area contributed by atoms with Gasteiger partial charge >= 0.3 is 0 Å². The molecule has 1 saturated carbocycles. The highest BCUT2D eigenvalue weighted by atomic mass is 19.1. The van der Waals surface area contributed by atoms with E-state index in [2.05, 4.69) is 15.1 Å². The topological polar surface area (TPSA) is 43.2 Å². The van der Waals surface area contributed by atoms with Crippen LogP contribution in [0.1, 0.15) is 18.4 Å². The first kappa shape index (κ1) is 14.8. The number of aromatic nitrogens is 3. The van der Waals surface area contributed by atoms with Gasteiger partial charge in [0.1, 0.15) is 18.5 Å². The van der Waals surface area contributed by atoms with Crippen LogP contribution in [0.5, 0.6) is 0 Å². The molecule has 1 aromatic carbocycles. The van der Waals surface area contributed by atoms with E-state index < -0.39 is 0 Å². The Morgan fingerprint density at radius 3 is 2.70 bits per heavy atom. The molecular weight excluding hydrogens is 295 g/mol. The average Bonchev–Trinajstić information content (AvgIpc) is 3.21. The van der Waals surface area contributed by atoms with Gasteiger partial charge in [0.2, 0.25) is 0 Å².